The van der Waals surface area contributed by atoms with Gasteiger partial charge < -0.3 is 20.1 Å². The summed E-state index contributed by atoms with van der Waals surface area (Å²) in [7, 11) is 0. The average Bonchev–Trinajstić information content (AvgIpc) is 3.28. The smallest absolute Gasteiger partial charge is 0.343 e. The van der Waals surface area contributed by atoms with E-state index in [2.05, 4.69) is 31.4 Å². The molecule has 1 aromatic heterocycles. The fraction of sp³-hybridized carbons (Fsp3) is 0.419. The van der Waals surface area contributed by atoms with E-state index in [4.69, 9.17) is 9.47 Å². The molecule has 0 saturated heterocycles. The zero-order chi connectivity index (χ0) is 27.0. The lowest BCUT2D eigenvalue weighted by Crippen LogP contribution is -2.38. The number of rotatable bonds is 7. The van der Waals surface area contributed by atoms with Crippen LogP contribution in [-0.2, 0) is 12.8 Å². The number of nitrogens with one attached hydrogen (secondary N) is 2. The van der Waals surface area contributed by atoms with Gasteiger partial charge in [0.1, 0.15) is 11.2 Å². The normalized spacial score (nSPS) is 18.6. The Labute approximate surface area is 228 Å². The molecule has 2 atom stereocenters. The van der Waals surface area contributed by atoms with Crippen molar-refractivity contribution in [2.24, 2.45) is 11.3 Å². The van der Waals surface area contributed by atoms with E-state index in [9.17, 15) is 9.59 Å². The fourth-order valence-corrected chi connectivity index (χ4v) is 6.68. The van der Waals surface area contributed by atoms with Gasteiger partial charge in [-0.15, -0.1) is 11.3 Å². The number of amides is 1. The predicted molar refractivity (Wildman–Crippen MR) is 151 cm³/mol. The zero-order valence-corrected chi connectivity index (χ0v) is 23.6. The quantitative estimate of drug-likeness (QED) is 0.251. The fourth-order valence-electron chi connectivity index (χ4n) is 5.33. The Morgan fingerprint density at radius 1 is 1.08 bits per heavy atom. The van der Waals surface area contributed by atoms with Crippen molar-refractivity contribution < 1.29 is 19.1 Å². The van der Waals surface area contributed by atoms with Crippen molar-refractivity contribution in [2.75, 3.05) is 11.9 Å². The standard InChI is InChI=1S/C31H36N2O4S/c1-6-31(4,5)21-13-14-22-25(17-21)38-29-26(22)28(34)32-27(33-29)20-12-15-23(24(16-20)36-7-2)37-30(35)19-10-8-18(3)9-11-19/h8-12,15-16,21,27,33H,6-7,13-14,17H2,1-5H3,(H,32,34)/t21-,27-/m1/s1. The first-order valence-corrected chi connectivity index (χ1v) is 14.3. The number of hydrogen-bond donors (Lipinski definition) is 2. The van der Waals surface area contributed by atoms with Gasteiger partial charge in [-0.1, -0.05) is 51.0 Å². The summed E-state index contributed by atoms with van der Waals surface area (Å²) in [6.07, 6.45) is 3.85. The highest BCUT2D eigenvalue weighted by atomic mass is 32.1. The van der Waals surface area contributed by atoms with Crippen LogP contribution in [-0.4, -0.2) is 18.5 Å². The van der Waals surface area contributed by atoms with E-state index in [-0.39, 0.29) is 5.91 Å². The maximum absolute atomic E-state index is 13.3. The minimum atomic E-state index is -0.443. The van der Waals surface area contributed by atoms with Gasteiger partial charge in [-0.3, -0.25) is 4.79 Å². The van der Waals surface area contributed by atoms with E-state index < -0.39 is 12.1 Å². The lowest BCUT2D eigenvalue weighted by atomic mass is 9.69. The number of ether oxygens (including phenoxy) is 2. The number of benzene rings is 2. The number of aryl methyl sites for hydroxylation is 1. The molecule has 38 heavy (non-hydrogen) atoms. The average molecular weight is 533 g/mol. The SMILES string of the molecule is CCOc1cc([C@@H]2NC(=O)c3c(sc4c3CC[C@@H](C(C)(C)CC)C4)N2)ccc1OC(=O)c1ccc(C)cc1. The van der Waals surface area contributed by atoms with Crippen LogP contribution in [0.3, 0.4) is 0 Å². The Morgan fingerprint density at radius 3 is 2.55 bits per heavy atom. The van der Waals surface area contributed by atoms with Crippen LogP contribution in [0.25, 0.3) is 0 Å². The summed E-state index contributed by atoms with van der Waals surface area (Å²) in [6.45, 7) is 11.2. The molecule has 0 saturated carbocycles. The number of fused-ring (bicyclic) bond motifs is 3. The first-order valence-electron chi connectivity index (χ1n) is 13.5. The molecule has 0 radical (unpaired) electrons. The highest BCUT2D eigenvalue weighted by molar-refractivity contribution is 7.16. The number of anilines is 1. The van der Waals surface area contributed by atoms with Crippen molar-refractivity contribution in [1.82, 2.24) is 5.32 Å². The van der Waals surface area contributed by atoms with Gasteiger partial charge in [0.05, 0.1) is 17.7 Å². The number of carbonyl (C=O) groups excluding carboxylic acids is 2. The molecular weight excluding hydrogens is 496 g/mol. The highest BCUT2D eigenvalue weighted by Crippen LogP contribution is 2.47. The first-order chi connectivity index (χ1) is 18.2. The molecule has 7 heteroatoms. The van der Waals surface area contributed by atoms with Crippen LogP contribution in [0.1, 0.15) is 89.0 Å². The molecule has 1 aliphatic heterocycles. The molecule has 0 bridgehead atoms. The highest BCUT2D eigenvalue weighted by Gasteiger charge is 2.37. The number of carbonyl (C=O) groups is 2. The van der Waals surface area contributed by atoms with Crippen LogP contribution in [0, 0.1) is 18.3 Å². The van der Waals surface area contributed by atoms with Gasteiger partial charge in [-0.25, -0.2) is 4.79 Å². The lowest BCUT2D eigenvalue weighted by molar-refractivity contribution is 0.0728. The third kappa shape index (κ3) is 5.04. The monoisotopic (exact) mass is 532 g/mol. The van der Waals surface area contributed by atoms with Gasteiger partial charge in [-0.2, -0.15) is 0 Å². The van der Waals surface area contributed by atoms with Crippen LogP contribution < -0.4 is 20.1 Å². The summed E-state index contributed by atoms with van der Waals surface area (Å²) in [4.78, 5) is 27.3. The van der Waals surface area contributed by atoms with Gasteiger partial charge in [0.15, 0.2) is 11.5 Å². The molecule has 5 rings (SSSR count). The van der Waals surface area contributed by atoms with E-state index in [1.54, 1.807) is 29.5 Å². The third-order valence-corrected chi connectivity index (χ3v) is 9.34. The number of hydrogen-bond acceptors (Lipinski definition) is 6. The lowest BCUT2D eigenvalue weighted by Gasteiger charge is -2.36. The molecule has 1 amide bonds. The van der Waals surface area contributed by atoms with Crippen LogP contribution in [0.15, 0.2) is 42.5 Å². The zero-order valence-electron chi connectivity index (χ0n) is 22.8. The molecule has 0 fully saturated rings. The molecule has 0 spiro atoms. The Hall–Kier alpha value is -3.32. The Morgan fingerprint density at radius 2 is 1.84 bits per heavy atom. The summed E-state index contributed by atoms with van der Waals surface area (Å²) < 4.78 is 11.5. The van der Waals surface area contributed by atoms with E-state index >= 15 is 0 Å². The minimum absolute atomic E-state index is 0.0395. The molecule has 0 unspecified atom stereocenters. The summed E-state index contributed by atoms with van der Waals surface area (Å²) in [5.74, 6) is 0.953. The molecule has 2 heterocycles. The summed E-state index contributed by atoms with van der Waals surface area (Å²) in [6, 6.07) is 12.7. The molecule has 6 nitrogen and oxygen atoms in total. The molecule has 2 aromatic carbocycles. The predicted octanol–water partition coefficient (Wildman–Crippen LogP) is 7.07. The van der Waals surface area contributed by atoms with Crippen molar-refractivity contribution in [3.05, 3.63) is 75.2 Å². The van der Waals surface area contributed by atoms with Crippen molar-refractivity contribution in [3.8, 4) is 11.5 Å². The molecule has 1 aliphatic carbocycles. The summed E-state index contributed by atoms with van der Waals surface area (Å²) >= 11 is 1.72. The van der Waals surface area contributed by atoms with E-state index in [0.717, 1.165) is 47.4 Å². The van der Waals surface area contributed by atoms with Gasteiger partial charge in [0, 0.05) is 4.88 Å². The summed E-state index contributed by atoms with van der Waals surface area (Å²) in [5.41, 5.74) is 4.69. The van der Waals surface area contributed by atoms with E-state index in [0.29, 0.717) is 35.0 Å². The van der Waals surface area contributed by atoms with Crippen molar-refractivity contribution in [2.45, 2.75) is 66.5 Å². The Bertz CT molecular complexity index is 1360. The maximum atomic E-state index is 13.3. The van der Waals surface area contributed by atoms with Crippen LogP contribution >= 0.6 is 11.3 Å². The second-order valence-corrected chi connectivity index (χ2v) is 12.0. The van der Waals surface area contributed by atoms with Gasteiger partial charge in [0.25, 0.3) is 5.91 Å². The molecule has 200 valence electrons. The van der Waals surface area contributed by atoms with Crippen molar-refractivity contribution in [1.29, 1.82) is 0 Å². The Kier molecular flexibility index (Phi) is 7.23. The summed E-state index contributed by atoms with van der Waals surface area (Å²) in [5, 5.41) is 7.62. The number of thiophene rings is 1. The van der Waals surface area contributed by atoms with Crippen molar-refractivity contribution in [3.63, 3.8) is 0 Å². The van der Waals surface area contributed by atoms with Crippen LogP contribution in [0.4, 0.5) is 5.00 Å². The topological polar surface area (TPSA) is 76.7 Å². The van der Waals surface area contributed by atoms with E-state index in [1.807, 2.05) is 38.1 Å². The van der Waals surface area contributed by atoms with Crippen LogP contribution in [0.2, 0.25) is 0 Å². The Balaban J connectivity index is 1.37. The molecule has 2 N–H and O–H groups in total. The number of esters is 1. The second-order valence-electron chi connectivity index (χ2n) is 10.9. The maximum Gasteiger partial charge on any atom is 0.343 e. The van der Waals surface area contributed by atoms with Gasteiger partial charge in [-0.05, 0) is 79.8 Å². The molecular formula is C31H36N2O4S. The van der Waals surface area contributed by atoms with Crippen molar-refractivity contribution >= 4 is 28.2 Å². The van der Waals surface area contributed by atoms with Crippen LogP contribution in [0.5, 0.6) is 11.5 Å². The molecule has 3 aromatic rings. The van der Waals surface area contributed by atoms with E-state index in [1.165, 1.54) is 10.4 Å². The largest absolute Gasteiger partial charge is 0.490 e. The minimum Gasteiger partial charge on any atom is -0.490 e. The molecule has 2 aliphatic rings. The first kappa shape index (κ1) is 26.3. The third-order valence-electron chi connectivity index (χ3n) is 8.15. The van der Waals surface area contributed by atoms with Gasteiger partial charge in [0.2, 0.25) is 0 Å². The second kappa shape index (κ2) is 10.4. The van der Waals surface area contributed by atoms with Gasteiger partial charge >= 0.3 is 5.97 Å².